The highest BCUT2D eigenvalue weighted by Gasteiger charge is 2.24. The van der Waals surface area contributed by atoms with Crippen LogP contribution in [-0.4, -0.2) is 52.4 Å². The van der Waals surface area contributed by atoms with E-state index in [4.69, 9.17) is 9.97 Å². The van der Waals surface area contributed by atoms with Gasteiger partial charge in [0.2, 0.25) is 5.91 Å². The van der Waals surface area contributed by atoms with E-state index >= 15 is 0 Å². The first kappa shape index (κ1) is 19.8. The van der Waals surface area contributed by atoms with Gasteiger partial charge in [-0.25, -0.2) is 9.97 Å². The zero-order valence-electron chi connectivity index (χ0n) is 17.3. The summed E-state index contributed by atoms with van der Waals surface area (Å²) in [6.07, 6.45) is 8.15. The summed E-state index contributed by atoms with van der Waals surface area (Å²) in [6.45, 7) is 5.78. The number of carbonyl (C=O) groups is 1. The van der Waals surface area contributed by atoms with E-state index in [1.165, 1.54) is 23.3 Å². The second-order valence-corrected chi connectivity index (χ2v) is 8.51. The van der Waals surface area contributed by atoms with Gasteiger partial charge in [0.1, 0.15) is 10.6 Å². The summed E-state index contributed by atoms with van der Waals surface area (Å²) in [5.41, 5.74) is 2.27. The van der Waals surface area contributed by atoms with Crippen molar-refractivity contribution in [2.24, 2.45) is 0 Å². The molecule has 152 valence electrons. The molecule has 7 heteroatoms. The van der Waals surface area contributed by atoms with Crippen LogP contribution in [-0.2, 0) is 17.6 Å². The number of aromatic nitrogens is 3. The van der Waals surface area contributed by atoms with Crippen LogP contribution in [0.15, 0.2) is 24.5 Å². The Balaban J connectivity index is 1.81. The topological polar surface area (TPSA) is 62.2 Å². The zero-order chi connectivity index (χ0) is 20.4. The van der Waals surface area contributed by atoms with Crippen molar-refractivity contribution in [1.29, 1.82) is 0 Å². The molecule has 3 aromatic heterocycles. The van der Waals surface area contributed by atoms with Gasteiger partial charge < -0.3 is 9.80 Å². The minimum atomic E-state index is 0.122. The second kappa shape index (κ2) is 8.45. The molecule has 0 unspecified atom stereocenters. The molecule has 0 saturated carbocycles. The molecule has 4 rings (SSSR count). The molecule has 0 spiro atoms. The van der Waals surface area contributed by atoms with Crippen LogP contribution in [0.2, 0.25) is 0 Å². The first-order chi connectivity index (χ1) is 14.1. The van der Waals surface area contributed by atoms with E-state index in [-0.39, 0.29) is 5.91 Å². The van der Waals surface area contributed by atoms with Gasteiger partial charge >= 0.3 is 0 Å². The molecule has 0 radical (unpaired) electrons. The number of hydrogen-bond donors (Lipinski definition) is 0. The maximum absolute atomic E-state index is 12.7. The van der Waals surface area contributed by atoms with Gasteiger partial charge in [-0.05, 0) is 57.2 Å². The van der Waals surface area contributed by atoms with E-state index in [0.717, 1.165) is 47.5 Å². The van der Waals surface area contributed by atoms with Crippen LogP contribution >= 0.6 is 11.3 Å². The summed E-state index contributed by atoms with van der Waals surface area (Å²) in [7, 11) is 1.96. The molecule has 0 aliphatic heterocycles. The quantitative estimate of drug-likeness (QED) is 0.617. The summed E-state index contributed by atoms with van der Waals surface area (Å²) in [5.74, 6) is 1.64. The maximum Gasteiger partial charge on any atom is 0.242 e. The van der Waals surface area contributed by atoms with E-state index in [2.05, 4.69) is 4.98 Å². The van der Waals surface area contributed by atoms with Gasteiger partial charge in [0.05, 0.1) is 11.9 Å². The van der Waals surface area contributed by atoms with Gasteiger partial charge in [-0.3, -0.25) is 9.78 Å². The fourth-order valence-corrected chi connectivity index (χ4v) is 5.25. The lowest BCUT2D eigenvalue weighted by Gasteiger charge is -2.25. The minimum absolute atomic E-state index is 0.122. The molecule has 3 aromatic rings. The lowest BCUT2D eigenvalue weighted by molar-refractivity contribution is -0.129. The van der Waals surface area contributed by atoms with Gasteiger partial charge in [-0.2, -0.15) is 0 Å². The number of rotatable bonds is 6. The van der Waals surface area contributed by atoms with Crippen molar-refractivity contribution in [3.63, 3.8) is 0 Å². The van der Waals surface area contributed by atoms with E-state index in [0.29, 0.717) is 12.4 Å². The maximum atomic E-state index is 12.7. The number of anilines is 1. The molecule has 1 aliphatic carbocycles. The van der Waals surface area contributed by atoms with Crippen molar-refractivity contribution >= 4 is 33.3 Å². The molecule has 1 aliphatic rings. The van der Waals surface area contributed by atoms with Crippen LogP contribution in [0, 0.1) is 0 Å². The Morgan fingerprint density at radius 2 is 1.97 bits per heavy atom. The molecule has 0 fully saturated rings. The largest absolute Gasteiger partial charge is 0.350 e. The second-order valence-electron chi connectivity index (χ2n) is 7.43. The Hall–Kier alpha value is -2.54. The Bertz CT molecular complexity index is 1010. The molecular formula is C22H27N5OS. The number of carbonyl (C=O) groups excluding carboxylic acids is 1. The lowest BCUT2D eigenvalue weighted by atomic mass is 9.97. The molecular weight excluding hydrogens is 382 g/mol. The Kier molecular flexibility index (Phi) is 5.76. The fraction of sp³-hybridized carbons (Fsp3) is 0.455. The summed E-state index contributed by atoms with van der Waals surface area (Å²) < 4.78 is 0. The number of nitrogens with zero attached hydrogens (tertiary/aromatic N) is 5. The highest BCUT2D eigenvalue weighted by atomic mass is 32.1. The molecule has 0 aromatic carbocycles. The average Bonchev–Trinajstić information content (AvgIpc) is 3.13. The Morgan fingerprint density at radius 1 is 1.17 bits per heavy atom. The van der Waals surface area contributed by atoms with E-state index in [1.54, 1.807) is 23.7 Å². The molecule has 0 bridgehead atoms. The SMILES string of the molecule is CCN(CC)C(=O)CN(C)c1nc(-c2cccnc2)nc2sc3c(c12)CCCC3. The van der Waals surface area contributed by atoms with Crippen molar-refractivity contribution in [3.05, 3.63) is 35.0 Å². The third kappa shape index (κ3) is 3.83. The van der Waals surface area contributed by atoms with Crippen molar-refractivity contribution < 1.29 is 4.79 Å². The van der Waals surface area contributed by atoms with Crippen LogP contribution in [0.5, 0.6) is 0 Å². The highest BCUT2D eigenvalue weighted by molar-refractivity contribution is 7.19. The molecule has 1 amide bonds. The molecule has 0 saturated heterocycles. The first-order valence-electron chi connectivity index (χ1n) is 10.3. The predicted octanol–water partition coefficient (Wildman–Crippen LogP) is 3.94. The molecule has 0 atom stereocenters. The average molecular weight is 410 g/mol. The smallest absolute Gasteiger partial charge is 0.242 e. The van der Waals surface area contributed by atoms with Gasteiger partial charge in [-0.1, -0.05) is 0 Å². The summed E-state index contributed by atoms with van der Waals surface area (Å²) in [6, 6.07) is 3.88. The number of aryl methyl sites for hydroxylation is 2. The highest BCUT2D eigenvalue weighted by Crippen LogP contribution is 2.40. The number of likely N-dealkylation sites (N-methyl/N-ethyl adjacent to an activating group) is 2. The minimum Gasteiger partial charge on any atom is -0.350 e. The third-order valence-electron chi connectivity index (χ3n) is 5.57. The summed E-state index contributed by atoms with van der Waals surface area (Å²) in [5, 5.41) is 1.13. The van der Waals surface area contributed by atoms with Crippen molar-refractivity contribution in [3.8, 4) is 11.4 Å². The van der Waals surface area contributed by atoms with Gasteiger partial charge in [0.15, 0.2) is 5.82 Å². The normalized spacial score (nSPS) is 13.3. The van der Waals surface area contributed by atoms with Crippen molar-refractivity contribution in [2.75, 3.05) is 31.6 Å². The van der Waals surface area contributed by atoms with Gasteiger partial charge in [0, 0.05) is 43.0 Å². The number of thiophene rings is 1. The fourth-order valence-electron chi connectivity index (χ4n) is 3.99. The molecule has 0 N–H and O–H groups in total. The number of fused-ring (bicyclic) bond motifs is 3. The van der Waals surface area contributed by atoms with Crippen LogP contribution < -0.4 is 4.90 Å². The summed E-state index contributed by atoms with van der Waals surface area (Å²) in [4.78, 5) is 33.1. The number of amides is 1. The lowest BCUT2D eigenvalue weighted by Crippen LogP contribution is -2.39. The van der Waals surface area contributed by atoms with E-state index < -0.39 is 0 Å². The van der Waals surface area contributed by atoms with Crippen LogP contribution in [0.1, 0.15) is 37.1 Å². The summed E-state index contributed by atoms with van der Waals surface area (Å²) >= 11 is 1.78. The Labute approximate surface area is 175 Å². The van der Waals surface area contributed by atoms with Crippen molar-refractivity contribution in [1.82, 2.24) is 19.9 Å². The molecule has 29 heavy (non-hydrogen) atoms. The third-order valence-corrected chi connectivity index (χ3v) is 6.75. The van der Waals surface area contributed by atoms with E-state index in [1.807, 2.05) is 42.8 Å². The molecule has 3 heterocycles. The molecule has 6 nitrogen and oxygen atoms in total. The predicted molar refractivity (Wildman–Crippen MR) is 118 cm³/mol. The van der Waals surface area contributed by atoms with Gasteiger partial charge in [0.25, 0.3) is 0 Å². The number of pyridine rings is 1. The standard InChI is InChI=1S/C22H27N5OS/c1-4-27(5-2)18(28)14-26(3)21-19-16-10-6-7-11-17(16)29-22(19)25-20(24-21)15-9-8-12-23-13-15/h8-9,12-13H,4-7,10-11,14H2,1-3H3. The van der Waals surface area contributed by atoms with Crippen LogP contribution in [0.25, 0.3) is 21.6 Å². The monoisotopic (exact) mass is 409 g/mol. The van der Waals surface area contributed by atoms with E-state index in [9.17, 15) is 4.79 Å². The van der Waals surface area contributed by atoms with Crippen LogP contribution in [0.4, 0.5) is 5.82 Å². The van der Waals surface area contributed by atoms with Gasteiger partial charge in [-0.15, -0.1) is 11.3 Å². The zero-order valence-corrected chi connectivity index (χ0v) is 18.1. The van der Waals surface area contributed by atoms with Crippen LogP contribution in [0.3, 0.4) is 0 Å². The first-order valence-corrected chi connectivity index (χ1v) is 11.2. The Morgan fingerprint density at radius 3 is 2.69 bits per heavy atom. The van der Waals surface area contributed by atoms with Crippen molar-refractivity contribution in [2.45, 2.75) is 39.5 Å². The number of hydrogen-bond acceptors (Lipinski definition) is 6.